The van der Waals surface area contributed by atoms with Crippen molar-refractivity contribution in [1.29, 1.82) is 0 Å². The summed E-state index contributed by atoms with van der Waals surface area (Å²) in [5.41, 5.74) is 1.99. The first-order valence-corrected chi connectivity index (χ1v) is 6.09. The second kappa shape index (κ2) is 5.17. The van der Waals surface area contributed by atoms with Gasteiger partial charge in [0.15, 0.2) is 0 Å². The van der Waals surface area contributed by atoms with Crippen molar-refractivity contribution in [2.24, 2.45) is 0 Å². The molecule has 19 heavy (non-hydrogen) atoms. The smallest absolute Gasteiger partial charge is 0.120 e. The predicted octanol–water partition coefficient (Wildman–Crippen LogP) is 3.18. The third-order valence-electron chi connectivity index (χ3n) is 2.60. The molecule has 0 spiro atoms. The number of aromatic hydroxyl groups is 1. The topological polar surface area (TPSA) is 40.5 Å². The van der Waals surface area contributed by atoms with Crippen molar-refractivity contribution in [1.82, 2.24) is 0 Å². The minimum absolute atomic E-state index is 0.261. The van der Waals surface area contributed by atoms with Crippen molar-refractivity contribution in [2.45, 2.75) is 19.4 Å². The maximum atomic E-state index is 9.54. The van der Waals surface area contributed by atoms with Gasteiger partial charge in [0.1, 0.15) is 11.4 Å². The molecule has 2 heteroatoms. The van der Waals surface area contributed by atoms with Crippen LogP contribution in [0.1, 0.15) is 19.4 Å². The first-order chi connectivity index (χ1) is 8.94. The lowest BCUT2D eigenvalue weighted by Crippen LogP contribution is -2.14. The van der Waals surface area contributed by atoms with Crippen LogP contribution in [0.4, 0.5) is 0 Å². The van der Waals surface area contributed by atoms with Gasteiger partial charge in [-0.2, -0.15) is 0 Å². The summed E-state index contributed by atoms with van der Waals surface area (Å²) in [6, 6.07) is 14.8. The highest BCUT2D eigenvalue weighted by Gasteiger charge is 2.05. The molecule has 0 atom stereocenters. The first kappa shape index (κ1) is 13.2. The van der Waals surface area contributed by atoms with Gasteiger partial charge in [0.2, 0.25) is 0 Å². The Balaban J connectivity index is 2.23. The Kier molecular flexibility index (Phi) is 3.59. The lowest BCUT2D eigenvalue weighted by molar-refractivity contribution is 0.143. The Morgan fingerprint density at radius 1 is 0.842 bits per heavy atom. The number of benzene rings is 2. The highest BCUT2D eigenvalue weighted by molar-refractivity contribution is 5.65. The number of aliphatic hydroxyl groups is 1. The SMILES string of the molecule is CC(C)(O)C#Cc1ccc(-c2ccc(O)cc2)cc1. The van der Waals surface area contributed by atoms with Gasteiger partial charge in [-0.15, -0.1) is 0 Å². The minimum Gasteiger partial charge on any atom is -0.508 e. The van der Waals surface area contributed by atoms with Crippen LogP contribution >= 0.6 is 0 Å². The molecule has 2 N–H and O–H groups in total. The van der Waals surface area contributed by atoms with E-state index < -0.39 is 5.60 Å². The summed E-state index contributed by atoms with van der Waals surface area (Å²) in [7, 11) is 0. The summed E-state index contributed by atoms with van der Waals surface area (Å²) in [5, 5.41) is 18.8. The molecule has 0 aliphatic heterocycles. The fraction of sp³-hybridized carbons (Fsp3) is 0.176. The molecule has 0 radical (unpaired) electrons. The molecule has 2 aromatic rings. The van der Waals surface area contributed by atoms with E-state index in [0.29, 0.717) is 0 Å². The second-order valence-electron chi connectivity index (χ2n) is 4.93. The van der Waals surface area contributed by atoms with Crippen molar-refractivity contribution in [3.8, 4) is 28.7 Å². The molecule has 0 aliphatic rings. The Morgan fingerprint density at radius 3 is 1.79 bits per heavy atom. The number of phenolic OH excluding ortho intramolecular Hbond substituents is 1. The molecule has 0 aromatic heterocycles. The van der Waals surface area contributed by atoms with E-state index in [4.69, 9.17) is 0 Å². The molecule has 96 valence electrons. The van der Waals surface area contributed by atoms with E-state index in [1.54, 1.807) is 26.0 Å². The zero-order chi connectivity index (χ0) is 13.9. The van der Waals surface area contributed by atoms with Crippen molar-refractivity contribution in [2.75, 3.05) is 0 Å². The van der Waals surface area contributed by atoms with Crippen LogP contribution < -0.4 is 0 Å². The van der Waals surface area contributed by atoms with Gasteiger partial charge in [-0.05, 0) is 49.2 Å². The second-order valence-corrected chi connectivity index (χ2v) is 4.93. The van der Waals surface area contributed by atoms with Crippen molar-refractivity contribution < 1.29 is 10.2 Å². The minimum atomic E-state index is -0.977. The van der Waals surface area contributed by atoms with E-state index in [1.165, 1.54) is 0 Å². The van der Waals surface area contributed by atoms with Gasteiger partial charge in [0.25, 0.3) is 0 Å². The summed E-state index contributed by atoms with van der Waals surface area (Å²) < 4.78 is 0. The van der Waals surface area contributed by atoms with Gasteiger partial charge in [-0.25, -0.2) is 0 Å². The Labute approximate surface area is 113 Å². The van der Waals surface area contributed by atoms with Crippen LogP contribution in [0.5, 0.6) is 5.75 Å². The molecule has 0 saturated heterocycles. The Bertz CT molecular complexity index is 606. The van der Waals surface area contributed by atoms with E-state index in [2.05, 4.69) is 11.8 Å². The molecule has 0 saturated carbocycles. The number of phenols is 1. The van der Waals surface area contributed by atoms with Gasteiger partial charge >= 0.3 is 0 Å². The van der Waals surface area contributed by atoms with E-state index in [0.717, 1.165) is 16.7 Å². The maximum absolute atomic E-state index is 9.54. The van der Waals surface area contributed by atoms with E-state index >= 15 is 0 Å². The van der Waals surface area contributed by atoms with Crippen molar-refractivity contribution in [3.05, 3.63) is 54.1 Å². The third kappa shape index (κ3) is 3.87. The average Bonchev–Trinajstić information content (AvgIpc) is 2.37. The fourth-order valence-corrected chi connectivity index (χ4v) is 1.63. The Hall–Kier alpha value is -2.24. The van der Waals surface area contributed by atoms with Crippen LogP contribution in [-0.4, -0.2) is 15.8 Å². The van der Waals surface area contributed by atoms with Crippen LogP contribution in [0.2, 0.25) is 0 Å². The molecule has 0 amide bonds. The number of rotatable bonds is 1. The number of hydrogen-bond acceptors (Lipinski definition) is 2. The monoisotopic (exact) mass is 252 g/mol. The summed E-state index contributed by atoms with van der Waals surface area (Å²) >= 11 is 0. The van der Waals surface area contributed by atoms with E-state index in [9.17, 15) is 10.2 Å². The molecular weight excluding hydrogens is 236 g/mol. The summed E-state index contributed by atoms with van der Waals surface area (Å²) in [5.74, 6) is 5.97. The van der Waals surface area contributed by atoms with Crippen LogP contribution in [0.25, 0.3) is 11.1 Å². The van der Waals surface area contributed by atoms with Gasteiger partial charge in [-0.1, -0.05) is 36.1 Å². The van der Waals surface area contributed by atoms with Gasteiger partial charge < -0.3 is 10.2 Å². The van der Waals surface area contributed by atoms with Gasteiger partial charge in [-0.3, -0.25) is 0 Å². The molecule has 0 aliphatic carbocycles. The lowest BCUT2D eigenvalue weighted by Gasteiger charge is -2.06. The zero-order valence-corrected chi connectivity index (χ0v) is 11.0. The maximum Gasteiger partial charge on any atom is 0.120 e. The van der Waals surface area contributed by atoms with Gasteiger partial charge in [0.05, 0.1) is 0 Å². The molecule has 2 rings (SSSR count). The first-order valence-electron chi connectivity index (χ1n) is 6.09. The summed E-state index contributed by atoms with van der Waals surface area (Å²) in [4.78, 5) is 0. The molecule has 2 aromatic carbocycles. The third-order valence-corrected chi connectivity index (χ3v) is 2.60. The van der Waals surface area contributed by atoms with Gasteiger partial charge in [0, 0.05) is 5.56 Å². The standard InChI is InChI=1S/C17H16O2/c1-17(2,19)12-11-13-3-5-14(6-4-13)15-7-9-16(18)10-8-15/h3-10,18-19H,1-2H3. The summed E-state index contributed by atoms with van der Waals surface area (Å²) in [6.45, 7) is 3.32. The van der Waals surface area contributed by atoms with Crippen LogP contribution in [0.3, 0.4) is 0 Å². The normalized spacial score (nSPS) is 10.7. The highest BCUT2D eigenvalue weighted by atomic mass is 16.3. The molecule has 2 nitrogen and oxygen atoms in total. The van der Waals surface area contributed by atoms with Crippen LogP contribution in [-0.2, 0) is 0 Å². The lowest BCUT2D eigenvalue weighted by atomic mass is 10.0. The van der Waals surface area contributed by atoms with Crippen LogP contribution in [0.15, 0.2) is 48.5 Å². The van der Waals surface area contributed by atoms with E-state index in [1.807, 2.05) is 36.4 Å². The van der Waals surface area contributed by atoms with E-state index in [-0.39, 0.29) is 5.75 Å². The molecule has 0 unspecified atom stereocenters. The molecule has 0 heterocycles. The largest absolute Gasteiger partial charge is 0.508 e. The van der Waals surface area contributed by atoms with Crippen molar-refractivity contribution in [3.63, 3.8) is 0 Å². The Morgan fingerprint density at radius 2 is 1.32 bits per heavy atom. The predicted molar refractivity (Wildman–Crippen MR) is 76.7 cm³/mol. The zero-order valence-electron chi connectivity index (χ0n) is 11.0. The molecule has 0 bridgehead atoms. The summed E-state index contributed by atoms with van der Waals surface area (Å²) in [6.07, 6.45) is 0. The molecule has 0 fully saturated rings. The van der Waals surface area contributed by atoms with Crippen LogP contribution in [0, 0.1) is 11.8 Å². The van der Waals surface area contributed by atoms with Crippen molar-refractivity contribution >= 4 is 0 Å². The fourth-order valence-electron chi connectivity index (χ4n) is 1.63. The molecular formula is C17H16O2. The number of hydrogen-bond donors (Lipinski definition) is 2. The quantitative estimate of drug-likeness (QED) is 0.765. The highest BCUT2D eigenvalue weighted by Crippen LogP contribution is 2.22. The average molecular weight is 252 g/mol.